The first-order valence-corrected chi connectivity index (χ1v) is 10.7. The van der Waals surface area contributed by atoms with E-state index in [1.54, 1.807) is 26.4 Å². The molecule has 0 bridgehead atoms. The van der Waals surface area contributed by atoms with Gasteiger partial charge in [0.25, 0.3) is 0 Å². The zero-order valence-corrected chi connectivity index (χ0v) is 17.9. The SMILES string of the molecule is CCCOC(=O)c1c(NC(=O)Cc2ccc(OC)c(OC)c2)sc2c1CCCC2. The van der Waals surface area contributed by atoms with Crippen LogP contribution in [0.5, 0.6) is 11.5 Å². The average Bonchev–Trinajstić information content (AvgIpc) is 3.09. The maximum absolute atomic E-state index is 12.7. The lowest BCUT2D eigenvalue weighted by Gasteiger charge is -2.13. The molecule has 1 aromatic carbocycles. The van der Waals surface area contributed by atoms with Gasteiger partial charge in [0, 0.05) is 4.88 Å². The number of fused-ring (bicyclic) bond motifs is 1. The fourth-order valence-corrected chi connectivity index (χ4v) is 4.78. The summed E-state index contributed by atoms with van der Waals surface area (Å²) in [4.78, 5) is 26.5. The lowest BCUT2D eigenvalue weighted by molar-refractivity contribution is -0.115. The van der Waals surface area contributed by atoms with Gasteiger partial charge in [-0.15, -0.1) is 11.3 Å². The Kier molecular flexibility index (Phi) is 7.14. The summed E-state index contributed by atoms with van der Waals surface area (Å²) >= 11 is 1.50. The molecule has 6 nitrogen and oxygen atoms in total. The smallest absolute Gasteiger partial charge is 0.341 e. The summed E-state index contributed by atoms with van der Waals surface area (Å²) in [5.74, 6) is 0.671. The number of thiophene rings is 1. The Morgan fingerprint density at radius 3 is 2.59 bits per heavy atom. The van der Waals surface area contributed by atoms with E-state index in [4.69, 9.17) is 14.2 Å². The molecule has 1 heterocycles. The van der Waals surface area contributed by atoms with Gasteiger partial charge in [0.05, 0.1) is 32.8 Å². The molecule has 2 aromatic rings. The minimum Gasteiger partial charge on any atom is -0.493 e. The van der Waals surface area contributed by atoms with Crippen LogP contribution in [0.1, 0.15) is 52.5 Å². The van der Waals surface area contributed by atoms with Gasteiger partial charge in [0.1, 0.15) is 5.00 Å². The summed E-state index contributed by atoms with van der Waals surface area (Å²) in [6.45, 7) is 2.34. The van der Waals surface area contributed by atoms with Crippen LogP contribution in [0.2, 0.25) is 0 Å². The second-order valence-corrected chi connectivity index (χ2v) is 8.07. The predicted molar refractivity (Wildman–Crippen MR) is 113 cm³/mol. The Morgan fingerprint density at radius 1 is 1.10 bits per heavy atom. The summed E-state index contributed by atoms with van der Waals surface area (Å²) in [6, 6.07) is 5.39. The Morgan fingerprint density at radius 2 is 1.86 bits per heavy atom. The van der Waals surface area contributed by atoms with E-state index >= 15 is 0 Å². The summed E-state index contributed by atoms with van der Waals surface area (Å²) in [6.07, 6.45) is 4.89. The van der Waals surface area contributed by atoms with Crippen molar-refractivity contribution in [2.24, 2.45) is 0 Å². The lowest BCUT2D eigenvalue weighted by Crippen LogP contribution is -2.17. The molecule has 0 saturated heterocycles. The number of ether oxygens (including phenoxy) is 3. The third-order valence-electron chi connectivity index (χ3n) is 4.88. The largest absolute Gasteiger partial charge is 0.493 e. The Bertz CT molecular complexity index is 890. The molecule has 1 aliphatic rings. The average molecular weight is 418 g/mol. The second-order valence-electron chi connectivity index (χ2n) is 6.97. The number of rotatable bonds is 8. The molecule has 3 rings (SSSR count). The molecule has 1 aliphatic carbocycles. The van der Waals surface area contributed by atoms with E-state index < -0.39 is 0 Å². The highest BCUT2D eigenvalue weighted by Gasteiger charge is 2.27. The van der Waals surface area contributed by atoms with Crippen molar-refractivity contribution in [2.75, 3.05) is 26.1 Å². The van der Waals surface area contributed by atoms with E-state index in [0.29, 0.717) is 28.7 Å². The molecule has 0 aliphatic heterocycles. The highest BCUT2D eigenvalue weighted by atomic mass is 32.1. The topological polar surface area (TPSA) is 73.9 Å². The first-order valence-electron chi connectivity index (χ1n) is 9.89. The van der Waals surface area contributed by atoms with Crippen LogP contribution in [0, 0.1) is 0 Å². The van der Waals surface area contributed by atoms with Crippen LogP contribution < -0.4 is 14.8 Å². The maximum atomic E-state index is 12.7. The molecular weight excluding hydrogens is 390 g/mol. The number of esters is 1. The molecule has 1 N–H and O–H groups in total. The predicted octanol–water partition coefficient (Wildman–Crippen LogP) is 4.39. The summed E-state index contributed by atoms with van der Waals surface area (Å²) in [7, 11) is 3.13. The fraction of sp³-hybridized carbons (Fsp3) is 0.455. The van der Waals surface area contributed by atoms with E-state index in [9.17, 15) is 9.59 Å². The summed E-state index contributed by atoms with van der Waals surface area (Å²) in [5, 5.41) is 3.55. The zero-order chi connectivity index (χ0) is 20.8. The first-order chi connectivity index (χ1) is 14.1. The molecule has 0 saturated carbocycles. The molecule has 0 unspecified atom stereocenters. The highest BCUT2D eigenvalue weighted by molar-refractivity contribution is 7.17. The number of carbonyl (C=O) groups is 2. The van der Waals surface area contributed by atoms with Crippen LogP contribution in [0.3, 0.4) is 0 Å². The number of amides is 1. The number of aryl methyl sites for hydroxylation is 1. The van der Waals surface area contributed by atoms with Crippen molar-refractivity contribution in [3.05, 3.63) is 39.8 Å². The monoisotopic (exact) mass is 417 g/mol. The fourth-order valence-electron chi connectivity index (χ4n) is 3.48. The molecule has 0 fully saturated rings. The molecular formula is C22H27NO5S. The minimum absolute atomic E-state index is 0.173. The Hall–Kier alpha value is -2.54. The lowest BCUT2D eigenvalue weighted by atomic mass is 9.95. The molecule has 0 spiro atoms. The van der Waals surface area contributed by atoms with Gasteiger partial charge in [0.2, 0.25) is 5.91 Å². The third-order valence-corrected chi connectivity index (χ3v) is 6.09. The van der Waals surface area contributed by atoms with E-state index in [1.165, 1.54) is 16.2 Å². The van der Waals surface area contributed by atoms with Crippen molar-refractivity contribution in [2.45, 2.75) is 45.4 Å². The molecule has 0 radical (unpaired) electrons. The van der Waals surface area contributed by atoms with Crippen LogP contribution in [0.4, 0.5) is 5.00 Å². The van der Waals surface area contributed by atoms with Crippen molar-refractivity contribution < 1.29 is 23.8 Å². The molecule has 1 amide bonds. The molecule has 156 valence electrons. The zero-order valence-electron chi connectivity index (χ0n) is 17.1. The third kappa shape index (κ3) is 4.90. The summed E-state index contributed by atoms with van der Waals surface area (Å²) in [5.41, 5.74) is 2.39. The van der Waals surface area contributed by atoms with E-state index in [2.05, 4.69) is 5.32 Å². The van der Waals surface area contributed by atoms with E-state index in [1.807, 2.05) is 13.0 Å². The van der Waals surface area contributed by atoms with E-state index in [-0.39, 0.29) is 18.3 Å². The van der Waals surface area contributed by atoms with Crippen LogP contribution in [-0.2, 0) is 28.8 Å². The van der Waals surface area contributed by atoms with Gasteiger partial charge in [0.15, 0.2) is 11.5 Å². The molecule has 1 aromatic heterocycles. The van der Waals surface area contributed by atoms with Gasteiger partial charge in [-0.05, 0) is 55.4 Å². The normalized spacial score (nSPS) is 12.8. The van der Waals surface area contributed by atoms with Crippen LogP contribution in [0.15, 0.2) is 18.2 Å². The van der Waals surface area contributed by atoms with Crippen molar-refractivity contribution in [1.82, 2.24) is 0 Å². The second kappa shape index (κ2) is 9.78. The number of carbonyl (C=O) groups excluding carboxylic acids is 2. The standard InChI is InChI=1S/C22H27NO5S/c1-4-11-28-22(25)20-15-7-5-6-8-18(15)29-21(20)23-19(24)13-14-9-10-16(26-2)17(12-14)27-3/h9-10,12H,4-8,11,13H2,1-3H3,(H,23,24). The molecule has 0 atom stereocenters. The highest BCUT2D eigenvalue weighted by Crippen LogP contribution is 2.38. The number of hydrogen-bond acceptors (Lipinski definition) is 6. The van der Waals surface area contributed by atoms with Gasteiger partial charge in [-0.3, -0.25) is 4.79 Å². The number of nitrogens with one attached hydrogen (secondary N) is 1. The maximum Gasteiger partial charge on any atom is 0.341 e. The van der Waals surface area contributed by atoms with E-state index in [0.717, 1.165) is 43.2 Å². The van der Waals surface area contributed by atoms with Crippen molar-refractivity contribution in [3.8, 4) is 11.5 Å². The molecule has 7 heteroatoms. The van der Waals surface area contributed by atoms with Gasteiger partial charge in [-0.25, -0.2) is 4.79 Å². The van der Waals surface area contributed by atoms with Gasteiger partial charge < -0.3 is 19.5 Å². The van der Waals surface area contributed by atoms with Crippen molar-refractivity contribution >= 4 is 28.2 Å². The minimum atomic E-state index is -0.340. The van der Waals surface area contributed by atoms with Crippen LogP contribution in [-0.4, -0.2) is 32.7 Å². The van der Waals surface area contributed by atoms with Crippen LogP contribution in [0.25, 0.3) is 0 Å². The van der Waals surface area contributed by atoms with Gasteiger partial charge in [-0.1, -0.05) is 13.0 Å². The summed E-state index contributed by atoms with van der Waals surface area (Å²) < 4.78 is 15.9. The quantitative estimate of drug-likeness (QED) is 0.645. The van der Waals surface area contributed by atoms with Crippen LogP contribution >= 0.6 is 11.3 Å². The van der Waals surface area contributed by atoms with Crippen molar-refractivity contribution in [1.29, 1.82) is 0 Å². The van der Waals surface area contributed by atoms with Gasteiger partial charge >= 0.3 is 5.97 Å². The van der Waals surface area contributed by atoms with Gasteiger partial charge in [-0.2, -0.15) is 0 Å². The number of benzene rings is 1. The number of anilines is 1. The Balaban J connectivity index is 1.79. The molecule has 29 heavy (non-hydrogen) atoms. The number of hydrogen-bond donors (Lipinski definition) is 1. The Labute approximate surface area is 175 Å². The number of methoxy groups -OCH3 is 2. The van der Waals surface area contributed by atoms with Crippen molar-refractivity contribution in [3.63, 3.8) is 0 Å². The first kappa shape index (κ1) is 21.2.